The van der Waals surface area contributed by atoms with Crippen LogP contribution in [0.2, 0.25) is 5.02 Å². The van der Waals surface area contributed by atoms with Crippen LogP contribution in [0.15, 0.2) is 24.3 Å². The number of amides is 2. The van der Waals surface area contributed by atoms with E-state index in [2.05, 4.69) is 0 Å². The molecule has 1 aromatic rings. The van der Waals surface area contributed by atoms with Crippen LogP contribution in [-0.4, -0.2) is 47.8 Å². The van der Waals surface area contributed by atoms with Crippen molar-refractivity contribution in [2.75, 3.05) is 20.1 Å². The lowest BCUT2D eigenvalue weighted by molar-refractivity contribution is -0.138. The van der Waals surface area contributed by atoms with Gasteiger partial charge in [-0.3, -0.25) is 9.59 Å². The van der Waals surface area contributed by atoms with Crippen LogP contribution in [0.4, 0.5) is 0 Å². The minimum atomic E-state index is -0.0204. The minimum Gasteiger partial charge on any atom is -0.341 e. The van der Waals surface area contributed by atoms with E-state index in [1.165, 1.54) is 0 Å². The Balaban J connectivity index is 1.63. The fourth-order valence-corrected chi connectivity index (χ4v) is 3.69. The van der Waals surface area contributed by atoms with Crippen molar-refractivity contribution in [3.05, 3.63) is 34.9 Å². The number of benzene rings is 1. The molecule has 2 bridgehead atoms. The summed E-state index contributed by atoms with van der Waals surface area (Å²) in [7, 11) is 1.86. The average Bonchev–Trinajstić information content (AvgIpc) is 2.80. The molecule has 0 unspecified atom stereocenters. The lowest BCUT2D eigenvalue weighted by Crippen LogP contribution is -2.45. The lowest BCUT2D eigenvalue weighted by Gasteiger charge is -2.32. The summed E-state index contributed by atoms with van der Waals surface area (Å²) in [6.45, 7) is 1.24. The van der Waals surface area contributed by atoms with Gasteiger partial charge in [-0.2, -0.15) is 0 Å². The summed E-state index contributed by atoms with van der Waals surface area (Å²) in [4.78, 5) is 28.4. The zero-order chi connectivity index (χ0) is 15.7. The molecule has 3 fully saturated rings. The molecule has 0 N–H and O–H groups in total. The zero-order valence-corrected chi connectivity index (χ0v) is 13.6. The molecule has 1 aromatic carbocycles. The normalized spacial score (nSPS) is 24.5. The van der Waals surface area contributed by atoms with Crippen LogP contribution < -0.4 is 0 Å². The number of hydrogen-bond donors (Lipinski definition) is 0. The molecule has 0 radical (unpaired) electrons. The fraction of sp³-hybridized carbons (Fsp3) is 0.529. The number of rotatable bonds is 3. The molecule has 4 nitrogen and oxygen atoms in total. The highest BCUT2D eigenvalue weighted by atomic mass is 35.5. The van der Waals surface area contributed by atoms with Crippen molar-refractivity contribution in [2.45, 2.75) is 31.7 Å². The maximum atomic E-state index is 12.5. The molecular formula is C17H21ClN2O2. The molecule has 0 aromatic heterocycles. The van der Waals surface area contributed by atoms with Gasteiger partial charge in [0.2, 0.25) is 11.8 Å². The smallest absolute Gasteiger partial charge is 0.227 e. The van der Waals surface area contributed by atoms with Gasteiger partial charge >= 0.3 is 0 Å². The molecular weight excluding hydrogens is 300 g/mol. The molecule has 2 atom stereocenters. The van der Waals surface area contributed by atoms with Gasteiger partial charge in [0.25, 0.3) is 0 Å². The molecule has 2 amide bonds. The van der Waals surface area contributed by atoms with Gasteiger partial charge in [-0.15, -0.1) is 0 Å². The van der Waals surface area contributed by atoms with Crippen molar-refractivity contribution in [3.63, 3.8) is 0 Å². The predicted molar refractivity (Wildman–Crippen MR) is 85.6 cm³/mol. The number of aryl methyl sites for hydroxylation is 1. The van der Waals surface area contributed by atoms with Gasteiger partial charge in [-0.05, 0) is 30.9 Å². The summed E-state index contributed by atoms with van der Waals surface area (Å²) >= 11 is 6.14. The van der Waals surface area contributed by atoms with Crippen molar-refractivity contribution >= 4 is 23.4 Å². The Morgan fingerprint density at radius 2 is 2.05 bits per heavy atom. The third-order valence-corrected chi connectivity index (χ3v) is 5.25. The van der Waals surface area contributed by atoms with E-state index < -0.39 is 0 Å². The maximum Gasteiger partial charge on any atom is 0.227 e. The Labute approximate surface area is 136 Å². The summed E-state index contributed by atoms with van der Waals surface area (Å²) in [6, 6.07) is 7.81. The van der Waals surface area contributed by atoms with E-state index in [9.17, 15) is 9.59 Å². The Bertz CT molecular complexity index is 590. The monoisotopic (exact) mass is 320 g/mol. The Morgan fingerprint density at radius 1 is 1.27 bits per heavy atom. The molecule has 3 heterocycles. The molecule has 118 valence electrons. The van der Waals surface area contributed by atoms with Gasteiger partial charge in [0.15, 0.2) is 0 Å². The first-order chi connectivity index (χ1) is 10.6. The second kappa shape index (κ2) is 6.29. The van der Waals surface area contributed by atoms with Crippen molar-refractivity contribution in [3.8, 4) is 0 Å². The van der Waals surface area contributed by atoms with Gasteiger partial charge in [-0.1, -0.05) is 29.8 Å². The molecule has 22 heavy (non-hydrogen) atoms. The van der Waals surface area contributed by atoms with Gasteiger partial charge in [0.1, 0.15) is 0 Å². The molecule has 3 aliphatic heterocycles. The van der Waals surface area contributed by atoms with Crippen LogP contribution in [0.3, 0.4) is 0 Å². The summed E-state index contributed by atoms with van der Waals surface area (Å²) < 4.78 is 0. The number of nitrogens with zero attached hydrogens (tertiary/aromatic N) is 2. The van der Waals surface area contributed by atoms with Crippen molar-refractivity contribution in [1.82, 2.24) is 9.80 Å². The van der Waals surface area contributed by atoms with Crippen LogP contribution in [-0.2, 0) is 16.0 Å². The quantitative estimate of drug-likeness (QED) is 0.858. The number of piperidine rings is 1. The van der Waals surface area contributed by atoms with Gasteiger partial charge in [0.05, 0.1) is 5.92 Å². The van der Waals surface area contributed by atoms with Crippen molar-refractivity contribution in [2.24, 2.45) is 5.92 Å². The third kappa shape index (κ3) is 2.98. The standard InChI is InChI=1S/C17H21ClN2O2/c1-19-14-8-6-13(17(19)22)10-20(11-14)16(21)9-7-12-4-2-3-5-15(12)18/h2-5,13-14H,6-11H2,1H3/t13-,14+/m0/s1. The number of likely N-dealkylation sites (N-methyl/N-ethyl adjacent to an activating group) is 1. The average molecular weight is 321 g/mol. The molecule has 5 heteroatoms. The first kappa shape index (κ1) is 15.3. The third-order valence-electron chi connectivity index (χ3n) is 4.88. The highest BCUT2D eigenvalue weighted by molar-refractivity contribution is 6.31. The number of halogens is 1. The van der Waals surface area contributed by atoms with E-state index in [4.69, 9.17) is 11.6 Å². The van der Waals surface area contributed by atoms with Crippen LogP contribution in [0.5, 0.6) is 0 Å². The SMILES string of the molecule is CN1C(=O)[C@H]2CC[C@@H]1CN(C(=O)CCc1ccccc1Cl)C2. The Hall–Kier alpha value is -1.55. The topological polar surface area (TPSA) is 40.6 Å². The highest BCUT2D eigenvalue weighted by Crippen LogP contribution is 2.28. The summed E-state index contributed by atoms with van der Waals surface area (Å²) in [5.74, 6) is 0.297. The predicted octanol–water partition coefficient (Wildman–Crippen LogP) is 2.35. The van der Waals surface area contributed by atoms with Crippen LogP contribution in [0.25, 0.3) is 0 Å². The summed E-state index contributed by atoms with van der Waals surface area (Å²) in [5.41, 5.74) is 1.00. The maximum absolute atomic E-state index is 12.5. The summed E-state index contributed by atoms with van der Waals surface area (Å²) in [5, 5.41) is 0.709. The van der Waals surface area contributed by atoms with Crippen LogP contribution in [0.1, 0.15) is 24.8 Å². The van der Waals surface area contributed by atoms with Crippen LogP contribution >= 0.6 is 11.6 Å². The number of hydrogen-bond acceptors (Lipinski definition) is 2. The van der Waals surface area contributed by atoms with E-state index in [0.29, 0.717) is 31.0 Å². The van der Waals surface area contributed by atoms with Crippen LogP contribution in [0, 0.1) is 5.92 Å². The van der Waals surface area contributed by atoms with Gasteiger partial charge in [-0.25, -0.2) is 0 Å². The number of fused-ring (bicyclic) bond motifs is 4. The van der Waals surface area contributed by atoms with Crippen molar-refractivity contribution in [1.29, 1.82) is 0 Å². The zero-order valence-electron chi connectivity index (χ0n) is 12.8. The van der Waals surface area contributed by atoms with Gasteiger partial charge in [0, 0.05) is 37.6 Å². The number of carbonyl (C=O) groups is 2. The molecule has 4 rings (SSSR count). The second-order valence-corrected chi connectivity index (χ2v) is 6.67. The van der Waals surface area contributed by atoms with E-state index in [1.54, 1.807) is 0 Å². The molecule has 0 spiro atoms. The first-order valence-electron chi connectivity index (χ1n) is 7.84. The molecule has 3 saturated heterocycles. The molecule has 0 aliphatic carbocycles. The summed E-state index contributed by atoms with van der Waals surface area (Å²) in [6.07, 6.45) is 3.00. The highest BCUT2D eigenvalue weighted by Gasteiger charge is 2.39. The largest absolute Gasteiger partial charge is 0.341 e. The van der Waals surface area contributed by atoms with Crippen molar-refractivity contribution < 1.29 is 9.59 Å². The number of carbonyl (C=O) groups excluding carboxylic acids is 2. The van der Waals surface area contributed by atoms with E-state index in [1.807, 2.05) is 41.1 Å². The minimum absolute atomic E-state index is 0.0204. The molecule has 0 saturated carbocycles. The molecule has 3 aliphatic rings. The fourth-order valence-electron chi connectivity index (χ4n) is 3.46. The Kier molecular flexibility index (Phi) is 4.39. The van der Waals surface area contributed by atoms with Gasteiger partial charge < -0.3 is 9.80 Å². The Morgan fingerprint density at radius 3 is 2.82 bits per heavy atom. The second-order valence-electron chi connectivity index (χ2n) is 6.27. The van der Waals surface area contributed by atoms with E-state index in [0.717, 1.165) is 18.4 Å². The van der Waals surface area contributed by atoms with E-state index >= 15 is 0 Å². The lowest BCUT2D eigenvalue weighted by atomic mass is 9.95. The van der Waals surface area contributed by atoms with E-state index in [-0.39, 0.29) is 23.8 Å². The first-order valence-corrected chi connectivity index (χ1v) is 8.22.